The highest BCUT2D eigenvalue weighted by atomic mass is 32.1. The summed E-state index contributed by atoms with van der Waals surface area (Å²) in [6.07, 6.45) is 12.3. The van der Waals surface area contributed by atoms with Crippen LogP contribution in [0.1, 0.15) is 38.5 Å². The van der Waals surface area contributed by atoms with E-state index in [-0.39, 0.29) is 0 Å². The van der Waals surface area contributed by atoms with Crippen molar-refractivity contribution in [1.82, 2.24) is 0 Å². The van der Waals surface area contributed by atoms with Crippen molar-refractivity contribution < 1.29 is 0 Å². The normalized spacial score (nSPS) is 9.20. The van der Waals surface area contributed by atoms with Crippen LogP contribution in [0, 0.1) is 12.3 Å². The Bertz CT molecular complexity index is 91.4. The van der Waals surface area contributed by atoms with Gasteiger partial charge in [0, 0.05) is 12.2 Å². The predicted octanol–water partition coefficient (Wildman–Crippen LogP) is 3.16. The second kappa shape index (κ2) is 8.91. The fraction of sp³-hybridized carbons (Fsp3) is 0.778. The van der Waals surface area contributed by atoms with Crippen LogP contribution in [0.5, 0.6) is 0 Å². The summed E-state index contributed by atoms with van der Waals surface area (Å²) >= 11 is 4.82. The summed E-state index contributed by atoms with van der Waals surface area (Å²) in [4.78, 5) is 0. The largest absolute Gasteiger partial charge is 0.120 e. The van der Waals surface area contributed by atoms with Gasteiger partial charge in [-0.3, -0.25) is 0 Å². The van der Waals surface area contributed by atoms with Gasteiger partial charge in [0.15, 0.2) is 0 Å². The van der Waals surface area contributed by atoms with Crippen LogP contribution < -0.4 is 0 Å². The monoisotopic (exact) mass is 155 g/mol. The van der Waals surface area contributed by atoms with E-state index >= 15 is 0 Å². The van der Waals surface area contributed by atoms with E-state index in [9.17, 15) is 0 Å². The molecule has 0 aromatic rings. The van der Waals surface area contributed by atoms with Gasteiger partial charge in [-0.05, 0) is 12.8 Å². The molecule has 0 aliphatic heterocycles. The van der Waals surface area contributed by atoms with Crippen LogP contribution in [0.2, 0.25) is 0 Å². The van der Waals surface area contributed by atoms with Gasteiger partial charge in [-0.25, -0.2) is 0 Å². The Morgan fingerprint density at radius 3 is 2.20 bits per heavy atom. The molecule has 0 aromatic heterocycles. The molecule has 0 aliphatic carbocycles. The maximum Gasteiger partial charge on any atom is 0.00860 e. The summed E-state index contributed by atoms with van der Waals surface area (Å²) in [5.41, 5.74) is 0. The Morgan fingerprint density at radius 1 is 1.00 bits per heavy atom. The number of hydrogen-bond acceptors (Lipinski definition) is 0. The first-order valence-electron chi connectivity index (χ1n) is 3.93. The van der Waals surface area contributed by atoms with Gasteiger partial charge in [-0.2, -0.15) is 0 Å². The number of terminal acetylenes is 1. The zero-order valence-corrected chi connectivity index (χ0v) is 7.25. The van der Waals surface area contributed by atoms with Crippen molar-refractivity contribution in [3.05, 3.63) is 0 Å². The highest BCUT2D eigenvalue weighted by molar-refractivity contribution is 7.80. The zero-order valence-electron chi connectivity index (χ0n) is 6.44. The Morgan fingerprint density at radius 2 is 1.60 bits per heavy atom. The Hall–Kier alpha value is -0.0900. The van der Waals surface area contributed by atoms with E-state index in [4.69, 9.17) is 19.1 Å². The van der Waals surface area contributed by atoms with Crippen molar-refractivity contribution >= 4 is 12.6 Å². The van der Waals surface area contributed by atoms with Crippen molar-refractivity contribution in [2.45, 2.75) is 38.5 Å². The molecule has 0 spiro atoms. The van der Waals surface area contributed by atoms with Crippen molar-refractivity contribution in [3.8, 4) is 12.3 Å². The fourth-order valence-electron chi connectivity index (χ4n) is 0.859. The molecule has 0 aliphatic rings. The van der Waals surface area contributed by atoms with Crippen LogP contribution in [-0.2, 0) is 0 Å². The molecule has 0 saturated heterocycles. The number of unbranched alkanes of at least 4 members (excludes halogenated alkanes) is 5. The van der Waals surface area contributed by atoms with Gasteiger partial charge in [-0.1, -0.05) is 31.9 Å². The Kier molecular flexibility index (Phi) is 8.83. The SMILES string of the molecule is C#CCCCCCCC[S]. The van der Waals surface area contributed by atoms with Crippen LogP contribution in [-0.4, -0.2) is 5.75 Å². The van der Waals surface area contributed by atoms with E-state index in [1.807, 2.05) is 0 Å². The molecular weight excluding hydrogens is 140 g/mol. The quantitative estimate of drug-likeness (QED) is 0.408. The molecule has 0 rings (SSSR count). The second-order valence-electron chi connectivity index (χ2n) is 2.43. The van der Waals surface area contributed by atoms with Gasteiger partial charge in [0.2, 0.25) is 0 Å². The summed E-state index contributed by atoms with van der Waals surface area (Å²) in [5.74, 6) is 3.55. The average Bonchev–Trinajstić information content (AvgIpc) is 1.97. The Balaban J connectivity index is 2.72. The van der Waals surface area contributed by atoms with E-state index in [0.717, 1.165) is 12.2 Å². The summed E-state index contributed by atoms with van der Waals surface area (Å²) in [5, 5.41) is 0. The molecule has 0 nitrogen and oxygen atoms in total. The molecule has 0 unspecified atom stereocenters. The molecule has 10 heavy (non-hydrogen) atoms. The molecule has 0 amide bonds. The van der Waals surface area contributed by atoms with Gasteiger partial charge in [0.25, 0.3) is 0 Å². The average molecular weight is 155 g/mol. The third-order valence-electron chi connectivity index (χ3n) is 1.47. The molecule has 57 valence electrons. The van der Waals surface area contributed by atoms with Gasteiger partial charge in [-0.15, -0.1) is 12.3 Å². The lowest BCUT2D eigenvalue weighted by Crippen LogP contribution is -1.79. The molecule has 0 atom stereocenters. The van der Waals surface area contributed by atoms with Crippen molar-refractivity contribution in [3.63, 3.8) is 0 Å². The number of hydrogen-bond donors (Lipinski definition) is 0. The van der Waals surface area contributed by atoms with E-state index in [1.165, 1.54) is 32.1 Å². The van der Waals surface area contributed by atoms with Gasteiger partial charge < -0.3 is 0 Å². The maximum absolute atomic E-state index is 5.10. The minimum atomic E-state index is 0.912. The van der Waals surface area contributed by atoms with Crippen LogP contribution in [0.15, 0.2) is 0 Å². The van der Waals surface area contributed by atoms with E-state index < -0.39 is 0 Å². The van der Waals surface area contributed by atoms with Crippen molar-refractivity contribution in [2.75, 3.05) is 5.75 Å². The van der Waals surface area contributed by atoms with Gasteiger partial charge >= 0.3 is 0 Å². The van der Waals surface area contributed by atoms with E-state index in [1.54, 1.807) is 0 Å². The van der Waals surface area contributed by atoms with Crippen LogP contribution in [0.3, 0.4) is 0 Å². The van der Waals surface area contributed by atoms with Crippen molar-refractivity contribution in [1.29, 1.82) is 0 Å². The fourth-order valence-corrected chi connectivity index (χ4v) is 1.06. The molecule has 1 heteroatoms. The molecule has 0 aromatic carbocycles. The highest BCUT2D eigenvalue weighted by Gasteiger charge is 1.87. The van der Waals surface area contributed by atoms with E-state index in [2.05, 4.69) is 5.92 Å². The molecule has 0 N–H and O–H groups in total. The second-order valence-corrected chi connectivity index (χ2v) is 2.83. The zero-order chi connectivity index (χ0) is 7.66. The van der Waals surface area contributed by atoms with Crippen LogP contribution in [0.25, 0.3) is 0 Å². The van der Waals surface area contributed by atoms with Crippen LogP contribution >= 0.6 is 12.6 Å². The first-order valence-corrected chi connectivity index (χ1v) is 4.51. The minimum absolute atomic E-state index is 0.912. The topological polar surface area (TPSA) is 0 Å². The number of rotatable bonds is 6. The third kappa shape index (κ3) is 7.91. The van der Waals surface area contributed by atoms with Crippen molar-refractivity contribution in [2.24, 2.45) is 0 Å². The lowest BCUT2D eigenvalue weighted by Gasteiger charge is -1.95. The first-order chi connectivity index (χ1) is 4.91. The predicted molar refractivity (Wildman–Crippen MR) is 49.0 cm³/mol. The highest BCUT2D eigenvalue weighted by Crippen LogP contribution is 2.04. The summed E-state index contributed by atoms with van der Waals surface area (Å²) < 4.78 is 0. The molecule has 1 radical (unpaired) electrons. The minimum Gasteiger partial charge on any atom is -0.120 e. The van der Waals surface area contributed by atoms with Crippen LogP contribution in [0.4, 0.5) is 0 Å². The molecule has 0 heterocycles. The van der Waals surface area contributed by atoms with E-state index in [0.29, 0.717) is 0 Å². The third-order valence-corrected chi connectivity index (χ3v) is 1.75. The lowest BCUT2D eigenvalue weighted by atomic mass is 10.1. The van der Waals surface area contributed by atoms with Gasteiger partial charge in [0.1, 0.15) is 0 Å². The standard InChI is InChI=1S/C9H15S/c1-2-3-4-5-6-7-8-9-10/h1H,3-9H2. The molecular formula is C9H15S. The smallest absolute Gasteiger partial charge is 0.00860 e. The maximum atomic E-state index is 5.10. The Labute approximate surface area is 69.8 Å². The summed E-state index contributed by atoms with van der Waals surface area (Å²) in [7, 11) is 0. The lowest BCUT2D eigenvalue weighted by molar-refractivity contribution is 0.644. The summed E-state index contributed by atoms with van der Waals surface area (Å²) in [6.45, 7) is 0. The summed E-state index contributed by atoms with van der Waals surface area (Å²) in [6, 6.07) is 0. The molecule has 0 fully saturated rings. The molecule has 0 saturated carbocycles. The first kappa shape index (κ1) is 9.91. The van der Waals surface area contributed by atoms with Gasteiger partial charge in [0.05, 0.1) is 0 Å². The molecule has 0 bridgehead atoms.